The van der Waals surface area contributed by atoms with E-state index in [0.717, 1.165) is 36.8 Å². The molecule has 1 aromatic heterocycles. The predicted molar refractivity (Wildman–Crippen MR) is 113 cm³/mol. The van der Waals surface area contributed by atoms with E-state index in [1.807, 2.05) is 47.4 Å². The lowest BCUT2D eigenvalue weighted by atomic mass is 10.2. The molecule has 0 saturated carbocycles. The minimum atomic E-state index is -0.123. The molecule has 0 N–H and O–H groups in total. The first-order chi connectivity index (χ1) is 14.6. The van der Waals surface area contributed by atoms with Crippen molar-refractivity contribution in [1.82, 2.24) is 19.7 Å². The Hall–Kier alpha value is -3.13. The van der Waals surface area contributed by atoms with Gasteiger partial charge in [-0.1, -0.05) is 6.07 Å². The fraction of sp³-hybridized carbons (Fsp3) is 0.409. The number of methoxy groups -OCH3 is 1. The molecule has 3 heterocycles. The number of amides is 3. The third kappa shape index (κ3) is 4.54. The van der Waals surface area contributed by atoms with Gasteiger partial charge in [-0.05, 0) is 36.4 Å². The number of anilines is 1. The number of carbonyl (C=O) groups is 2. The first-order valence-electron chi connectivity index (χ1n) is 10.2. The summed E-state index contributed by atoms with van der Waals surface area (Å²) >= 11 is 0. The number of benzene rings is 1. The van der Waals surface area contributed by atoms with Crippen LogP contribution in [0.25, 0.3) is 0 Å². The normalized spacial score (nSPS) is 17.5. The second-order valence-corrected chi connectivity index (χ2v) is 7.53. The van der Waals surface area contributed by atoms with Gasteiger partial charge in [0.15, 0.2) is 0 Å². The van der Waals surface area contributed by atoms with Crippen LogP contribution < -0.4 is 9.64 Å². The van der Waals surface area contributed by atoms with E-state index in [4.69, 9.17) is 4.74 Å². The number of piperazine rings is 1. The highest BCUT2D eigenvalue weighted by molar-refractivity contribution is 5.96. The van der Waals surface area contributed by atoms with Gasteiger partial charge in [0.2, 0.25) is 5.91 Å². The van der Waals surface area contributed by atoms with Gasteiger partial charge in [0, 0.05) is 57.7 Å². The topological polar surface area (TPSA) is 69.2 Å². The number of urea groups is 1. The molecule has 4 rings (SSSR count). The average Bonchev–Trinajstić information content (AvgIpc) is 3.15. The third-order valence-corrected chi connectivity index (χ3v) is 5.64. The minimum absolute atomic E-state index is 0.0115. The van der Waals surface area contributed by atoms with E-state index in [0.29, 0.717) is 26.2 Å². The van der Waals surface area contributed by atoms with Crippen LogP contribution in [0, 0.1) is 0 Å². The van der Waals surface area contributed by atoms with Gasteiger partial charge in [-0.25, -0.2) is 4.79 Å². The number of aromatic nitrogens is 1. The zero-order valence-corrected chi connectivity index (χ0v) is 17.2. The summed E-state index contributed by atoms with van der Waals surface area (Å²) in [4.78, 5) is 37.4. The van der Waals surface area contributed by atoms with Crippen LogP contribution in [0.1, 0.15) is 5.69 Å². The molecule has 2 aromatic rings. The summed E-state index contributed by atoms with van der Waals surface area (Å²) < 4.78 is 5.17. The zero-order valence-electron chi connectivity index (χ0n) is 17.2. The molecule has 0 aliphatic carbocycles. The molecule has 2 aliphatic rings. The molecule has 0 bridgehead atoms. The SMILES string of the molecule is COc1ccc(N2CCN(CC(=O)N3CCN(Cc4ccccn4)CC3)C2=O)cc1. The maximum atomic E-state index is 12.8. The lowest BCUT2D eigenvalue weighted by Gasteiger charge is -2.35. The van der Waals surface area contributed by atoms with Crippen LogP contribution in [0.2, 0.25) is 0 Å². The summed E-state index contributed by atoms with van der Waals surface area (Å²) in [6.07, 6.45) is 1.80. The number of carbonyl (C=O) groups excluding carboxylic acids is 2. The number of pyridine rings is 1. The van der Waals surface area contributed by atoms with Gasteiger partial charge in [-0.15, -0.1) is 0 Å². The number of hydrogen-bond acceptors (Lipinski definition) is 5. The summed E-state index contributed by atoms with van der Waals surface area (Å²) in [6.45, 7) is 5.04. The second-order valence-electron chi connectivity index (χ2n) is 7.53. The summed E-state index contributed by atoms with van der Waals surface area (Å²) in [5.41, 5.74) is 1.86. The largest absolute Gasteiger partial charge is 0.497 e. The predicted octanol–water partition coefficient (Wildman–Crippen LogP) is 1.68. The highest BCUT2D eigenvalue weighted by Crippen LogP contribution is 2.23. The Balaban J connectivity index is 1.26. The van der Waals surface area contributed by atoms with E-state index in [9.17, 15) is 9.59 Å². The quantitative estimate of drug-likeness (QED) is 0.726. The fourth-order valence-electron chi connectivity index (χ4n) is 3.87. The van der Waals surface area contributed by atoms with Crippen LogP contribution in [-0.2, 0) is 11.3 Å². The van der Waals surface area contributed by atoms with Gasteiger partial charge < -0.3 is 14.5 Å². The molecule has 0 atom stereocenters. The molecular weight excluding hydrogens is 382 g/mol. The molecular formula is C22H27N5O3. The van der Waals surface area contributed by atoms with Gasteiger partial charge >= 0.3 is 6.03 Å². The monoisotopic (exact) mass is 409 g/mol. The Bertz CT molecular complexity index is 866. The Morgan fingerprint density at radius 2 is 1.77 bits per heavy atom. The number of nitrogens with zero attached hydrogens (tertiary/aromatic N) is 5. The third-order valence-electron chi connectivity index (χ3n) is 5.64. The molecule has 1 aromatic carbocycles. The van der Waals surface area contributed by atoms with Crippen molar-refractivity contribution in [2.24, 2.45) is 0 Å². The summed E-state index contributed by atoms with van der Waals surface area (Å²) in [6, 6.07) is 13.2. The molecule has 2 fully saturated rings. The molecule has 30 heavy (non-hydrogen) atoms. The van der Waals surface area contributed by atoms with Crippen molar-refractivity contribution in [3.05, 3.63) is 54.4 Å². The lowest BCUT2D eigenvalue weighted by molar-refractivity contribution is -0.133. The second kappa shape index (κ2) is 9.13. The zero-order chi connectivity index (χ0) is 20.9. The van der Waals surface area contributed by atoms with Gasteiger partial charge in [0.1, 0.15) is 12.3 Å². The van der Waals surface area contributed by atoms with Crippen LogP contribution in [0.15, 0.2) is 48.7 Å². The van der Waals surface area contributed by atoms with Crippen LogP contribution >= 0.6 is 0 Å². The molecule has 3 amide bonds. The molecule has 0 radical (unpaired) electrons. The molecule has 158 valence electrons. The lowest BCUT2D eigenvalue weighted by Crippen LogP contribution is -2.51. The molecule has 2 saturated heterocycles. The van der Waals surface area contributed by atoms with E-state index in [2.05, 4.69) is 9.88 Å². The van der Waals surface area contributed by atoms with E-state index in [1.165, 1.54) is 0 Å². The van der Waals surface area contributed by atoms with Crippen molar-refractivity contribution in [3.8, 4) is 5.75 Å². The van der Waals surface area contributed by atoms with Crippen molar-refractivity contribution >= 4 is 17.6 Å². The maximum Gasteiger partial charge on any atom is 0.325 e. The van der Waals surface area contributed by atoms with Crippen LogP contribution in [0.3, 0.4) is 0 Å². The molecule has 2 aliphatic heterocycles. The van der Waals surface area contributed by atoms with Crippen LogP contribution in [0.4, 0.5) is 10.5 Å². The van der Waals surface area contributed by atoms with Crippen LogP contribution in [-0.4, -0.2) is 84.5 Å². The van der Waals surface area contributed by atoms with Crippen molar-refractivity contribution in [1.29, 1.82) is 0 Å². The fourth-order valence-corrected chi connectivity index (χ4v) is 3.87. The van der Waals surface area contributed by atoms with E-state index in [-0.39, 0.29) is 18.5 Å². The van der Waals surface area contributed by atoms with E-state index in [1.54, 1.807) is 23.1 Å². The standard InChI is InChI=1S/C22H27N5O3/c1-30-20-7-5-19(6-8-20)27-15-14-26(22(27)29)17-21(28)25-12-10-24(11-13-25)16-18-4-2-3-9-23-18/h2-9H,10-17H2,1H3. The number of rotatable bonds is 6. The molecule has 8 heteroatoms. The van der Waals surface area contributed by atoms with Crippen molar-refractivity contribution in [2.45, 2.75) is 6.54 Å². The van der Waals surface area contributed by atoms with E-state index < -0.39 is 0 Å². The highest BCUT2D eigenvalue weighted by Gasteiger charge is 2.32. The molecule has 8 nitrogen and oxygen atoms in total. The smallest absolute Gasteiger partial charge is 0.325 e. The van der Waals surface area contributed by atoms with Crippen molar-refractivity contribution < 1.29 is 14.3 Å². The average molecular weight is 409 g/mol. The number of hydrogen-bond donors (Lipinski definition) is 0. The van der Waals surface area contributed by atoms with Gasteiger partial charge in [-0.2, -0.15) is 0 Å². The molecule has 0 spiro atoms. The summed E-state index contributed by atoms with van der Waals surface area (Å²) in [5.74, 6) is 0.761. The Morgan fingerprint density at radius 1 is 1.00 bits per heavy atom. The first-order valence-corrected chi connectivity index (χ1v) is 10.2. The van der Waals surface area contributed by atoms with E-state index >= 15 is 0 Å². The van der Waals surface area contributed by atoms with Gasteiger partial charge in [0.05, 0.1) is 12.8 Å². The van der Waals surface area contributed by atoms with Crippen molar-refractivity contribution in [2.75, 3.05) is 57.8 Å². The summed E-state index contributed by atoms with van der Waals surface area (Å²) in [5, 5.41) is 0. The summed E-state index contributed by atoms with van der Waals surface area (Å²) in [7, 11) is 1.61. The number of ether oxygens (including phenoxy) is 1. The Kier molecular flexibility index (Phi) is 6.13. The Labute approximate surface area is 176 Å². The highest BCUT2D eigenvalue weighted by atomic mass is 16.5. The van der Waals surface area contributed by atoms with Crippen molar-refractivity contribution in [3.63, 3.8) is 0 Å². The van der Waals surface area contributed by atoms with Gasteiger partial charge in [0.25, 0.3) is 0 Å². The molecule has 0 unspecified atom stereocenters. The maximum absolute atomic E-state index is 12.8. The Morgan fingerprint density at radius 3 is 2.43 bits per heavy atom. The van der Waals surface area contributed by atoms with Gasteiger partial charge in [-0.3, -0.25) is 19.6 Å². The van der Waals surface area contributed by atoms with Crippen LogP contribution in [0.5, 0.6) is 5.75 Å². The minimum Gasteiger partial charge on any atom is -0.497 e. The first kappa shape index (κ1) is 20.2.